The fraction of sp³-hybridized carbons (Fsp3) is 0.429. The first kappa shape index (κ1) is 18.2. The van der Waals surface area contributed by atoms with Crippen LogP contribution in [0.3, 0.4) is 0 Å². The summed E-state index contributed by atoms with van der Waals surface area (Å²) in [6.45, 7) is 3.72. The number of carbonyl (C=O) groups is 2. The van der Waals surface area contributed by atoms with E-state index < -0.39 is 15.9 Å². The van der Waals surface area contributed by atoms with Gasteiger partial charge < -0.3 is 10.1 Å². The zero-order valence-corrected chi connectivity index (χ0v) is 13.9. The van der Waals surface area contributed by atoms with E-state index in [4.69, 9.17) is 39.5 Å². The molecule has 1 aromatic rings. The average Bonchev–Trinajstić information content (AvgIpc) is 2.46. The van der Waals surface area contributed by atoms with Gasteiger partial charge in [0.25, 0.3) is 5.91 Å². The molecule has 0 spiro atoms. The lowest BCUT2D eigenvalue weighted by Gasteiger charge is -2.26. The van der Waals surface area contributed by atoms with E-state index in [1.165, 1.54) is 6.07 Å². The monoisotopic (exact) mass is 351 g/mol. The zero-order valence-electron chi connectivity index (χ0n) is 11.7. The van der Waals surface area contributed by atoms with Gasteiger partial charge >= 0.3 is 0 Å². The summed E-state index contributed by atoms with van der Waals surface area (Å²) in [7, 11) is 0. The molecule has 0 saturated heterocycles. The topological polar surface area (TPSA) is 55.4 Å². The molecule has 1 N–H and O–H groups in total. The Hall–Kier alpha value is -0.810. The van der Waals surface area contributed by atoms with Gasteiger partial charge in [0, 0.05) is 18.6 Å². The minimum atomic E-state index is -1.81. The molecule has 0 fully saturated rings. The maximum absolute atomic E-state index is 12.3. The van der Waals surface area contributed by atoms with Gasteiger partial charge in [-0.05, 0) is 13.0 Å². The van der Waals surface area contributed by atoms with Crippen molar-refractivity contribution < 1.29 is 14.3 Å². The van der Waals surface area contributed by atoms with Gasteiger partial charge in [-0.25, -0.2) is 0 Å². The molecule has 116 valence electrons. The van der Waals surface area contributed by atoms with Crippen molar-refractivity contribution in [2.75, 3.05) is 6.61 Å². The van der Waals surface area contributed by atoms with Crippen molar-refractivity contribution in [3.63, 3.8) is 0 Å². The van der Waals surface area contributed by atoms with Crippen molar-refractivity contribution in [2.24, 2.45) is 0 Å². The quantitative estimate of drug-likeness (QED) is 0.462. The number of rotatable bonds is 7. The zero-order chi connectivity index (χ0) is 16.0. The third kappa shape index (κ3) is 4.85. The first-order chi connectivity index (χ1) is 9.83. The Morgan fingerprint density at radius 3 is 2.33 bits per heavy atom. The maximum atomic E-state index is 12.3. The highest BCUT2D eigenvalue weighted by molar-refractivity contribution is 6.52. The number of hydrogen-bond donors (Lipinski definition) is 1. The van der Waals surface area contributed by atoms with Gasteiger partial charge in [-0.3, -0.25) is 9.59 Å². The van der Waals surface area contributed by atoms with Gasteiger partial charge in [0.1, 0.15) is 0 Å². The van der Waals surface area contributed by atoms with E-state index in [-0.39, 0.29) is 24.4 Å². The molecule has 1 rings (SSSR count). The smallest absolute Gasteiger partial charge is 0.254 e. The van der Waals surface area contributed by atoms with Crippen LogP contribution in [-0.2, 0) is 4.74 Å². The second-order valence-corrected chi connectivity index (χ2v) is 5.95. The Morgan fingerprint density at radius 1 is 1.24 bits per heavy atom. The summed E-state index contributed by atoms with van der Waals surface area (Å²) in [6.07, 6.45) is 0.286. The normalized spacial score (nSPS) is 12.8. The summed E-state index contributed by atoms with van der Waals surface area (Å²) in [5.41, 5.74) is -0.622. The van der Waals surface area contributed by atoms with E-state index in [1.807, 2.05) is 0 Å². The number of Topliss-reactive ketones (excluding diaryl/α,β-unsaturated/α-hetero) is 1. The van der Waals surface area contributed by atoms with Crippen LogP contribution in [0.15, 0.2) is 24.3 Å². The van der Waals surface area contributed by atoms with Crippen molar-refractivity contribution >= 4 is 46.5 Å². The second kappa shape index (κ2) is 7.99. The maximum Gasteiger partial charge on any atom is 0.254 e. The molecule has 21 heavy (non-hydrogen) atoms. The Morgan fingerprint density at radius 2 is 1.81 bits per heavy atom. The van der Waals surface area contributed by atoms with Gasteiger partial charge in [-0.2, -0.15) is 0 Å². The van der Waals surface area contributed by atoms with Crippen LogP contribution in [0.25, 0.3) is 0 Å². The Labute approximate surface area is 138 Å². The highest BCUT2D eigenvalue weighted by Crippen LogP contribution is 2.28. The second-order valence-electron chi connectivity index (χ2n) is 4.17. The van der Waals surface area contributed by atoms with Crippen molar-refractivity contribution in [3.05, 3.63) is 35.4 Å². The van der Waals surface area contributed by atoms with Crippen LogP contribution in [0, 0.1) is 0 Å². The molecule has 4 nitrogen and oxygen atoms in total. The van der Waals surface area contributed by atoms with Gasteiger partial charge in [0.2, 0.25) is 4.46 Å². The lowest BCUT2D eigenvalue weighted by Crippen LogP contribution is -2.47. The van der Waals surface area contributed by atoms with Crippen molar-refractivity contribution in [1.82, 2.24) is 5.32 Å². The van der Waals surface area contributed by atoms with Crippen LogP contribution in [0.2, 0.25) is 0 Å². The highest BCUT2D eigenvalue weighted by Gasteiger charge is 2.36. The third-order valence-electron chi connectivity index (χ3n) is 2.67. The van der Waals surface area contributed by atoms with Gasteiger partial charge in [-0.15, -0.1) is 0 Å². The number of halogens is 3. The van der Waals surface area contributed by atoms with Crippen LogP contribution >= 0.6 is 34.8 Å². The number of nitrogens with one attached hydrogen (secondary N) is 1. The largest absolute Gasteiger partial charge is 0.358 e. The van der Waals surface area contributed by atoms with Crippen molar-refractivity contribution in [2.45, 2.75) is 30.3 Å². The molecule has 1 amide bonds. The first-order valence-electron chi connectivity index (χ1n) is 6.41. The fourth-order valence-corrected chi connectivity index (χ4v) is 2.12. The molecular weight excluding hydrogens is 337 g/mol. The molecule has 0 aromatic heterocycles. The molecule has 1 aromatic carbocycles. The van der Waals surface area contributed by atoms with E-state index in [2.05, 4.69) is 5.32 Å². The number of benzene rings is 1. The van der Waals surface area contributed by atoms with E-state index in [0.717, 1.165) is 0 Å². The lowest BCUT2D eigenvalue weighted by atomic mass is 10.0. The Bertz CT molecular complexity index is 520. The third-order valence-corrected chi connectivity index (χ3v) is 3.93. The van der Waals surface area contributed by atoms with Crippen molar-refractivity contribution in [3.8, 4) is 0 Å². The molecule has 0 saturated carbocycles. The highest BCUT2D eigenvalue weighted by atomic mass is 35.5. The predicted molar refractivity (Wildman–Crippen MR) is 84.2 cm³/mol. The minimum absolute atomic E-state index is 0.150. The number of amides is 1. The van der Waals surface area contributed by atoms with E-state index >= 15 is 0 Å². The summed E-state index contributed by atoms with van der Waals surface area (Å²) in [4.78, 5) is 24.1. The van der Waals surface area contributed by atoms with Crippen molar-refractivity contribution in [1.29, 1.82) is 0 Å². The van der Waals surface area contributed by atoms with E-state index in [0.29, 0.717) is 5.56 Å². The summed E-state index contributed by atoms with van der Waals surface area (Å²) < 4.78 is 3.25. The molecule has 0 heterocycles. The molecule has 0 radical (unpaired) electrons. The molecule has 0 aliphatic carbocycles. The van der Waals surface area contributed by atoms with Gasteiger partial charge in [-0.1, -0.05) is 59.9 Å². The molecular formula is C14H16Cl3NO3. The molecule has 1 unspecified atom stereocenters. The first-order valence-corrected chi connectivity index (χ1v) is 7.60. The van der Waals surface area contributed by atoms with Crippen LogP contribution < -0.4 is 5.32 Å². The number of ketones is 1. The predicted octanol–water partition coefficient (Wildman–Crippen LogP) is 3.74. The summed E-state index contributed by atoms with van der Waals surface area (Å²) in [5, 5.41) is 2.36. The molecule has 1 atom stereocenters. The van der Waals surface area contributed by atoms with Crippen LogP contribution in [0.1, 0.15) is 41.0 Å². The van der Waals surface area contributed by atoms with Crippen LogP contribution in [0.4, 0.5) is 0 Å². The average molecular weight is 353 g/mol. The number of ether oxygens (including phenoxy) is 1. The van der Waals surface area contributed by atoms with E-state index in [1.54, 1.807) is 32.0 Å². The molecule has 0 bridgehead atoms. The van der Waals surface area contributed by atoms with Gasteiger partial charge in [0.05, 0.1) is 5.56 Å². The Kier molecular flexibility index (Phi) is 6.94. The number of hydrogen-bond acceptors (Lipinski definition) is 3. The standard InChI is InChI=1S/C14H16Cl3NO3/c1-3-11(19)9-7-5-6-8-10(9)12(20)18-14(16,17)13(15)21-4-2/h5-8,13H,3-4H2,1-2H3,(H,18,20). The number of carbonyl (C=O) groups excluding carboxylic acids is 2. The van der Waals surface area contributed by atoms with Crippen LogP contribution in [0.5, 0.6) is 0 Å². The van der Waals surface area contributed by atoms with E-state index in [9.17, 15) is 9.59 Å². The minimum Gasteiger partial charge on any atom is -0.358 e. The summed E-state index contributed by atoms with van der Waals surface area (Å²) in [5.74, 6) is -0.745. The number of alkyl halides is 3. The molecule has 0 aliphatic heterocycles. The molecule has 0 aliphatic rings. The van der Waals surface area contributed by atoms with Crippen LogP contribution in [-0.4, -0.2) is 28.3 Å². The summed E-state index contributed by atoms with van der Waals surface area (Å²) in [6, 6.07) is 6.42. The lowest BCUT2D eigenvalue weighted by molar-refractivity contribution is 0.0801. The Balaban J connectivity index is 2.97. The van der Waals surface area contributed by atoms with Gasteiger partial charge in [0.15, 0.2) is 11.3 Å². The SMILES string of the molecule is CCOC(Cl)C(Cl)(Cl)NC(=O)c1ccccc1C(=O)CC. The molecule has 7 heteroatoms. The fourth-order valence-electron chi connectivity index (χ4n) is 1.64. The summed E-state index contributed by atoms with van der Waals surface area (Å²) >= 11 is 17.8.